The van der Waals surface area contributed by atoms with E-state index in [0.717, 1.165) is 99.3 Å². The molecule has 3 nitrogen and oxygen atoms in total. The average molecular weight is 702 g/mol. The second kappa shape index (κ2) is 17.4. The van der Waals surface area contributed by atoms with Crippen LogP contribution in [0.2, 0.25) is 0 Å². The van der Waals surface area contributed by atoms with E-state index in [-0.39, 0.29) is 10.8 Å². The molecule has 2 fully saturated rings. The van der Waals surface area contributed by atoms with Gasteiger partial charge in [-0.25, -0.2) is 0 Å². The molecular weight excluding hydrogens is 655 g/mol. The van der Waals surface area contributed by atoms with Crippen LogP contribution < -0.4 is 0 Å². The molecular formula is C45H46Cl2N2O. The molecule has 0 saturated heterocycles. The van der Waals surface area contributed by atoms with Crippen LogP contribution in [0.1, 0.15) is 131 Å². The highest BCUT2D eigenvalue weighted by Gasteiger charge is 2.28. The molecule has 2 aliphatic carbocycles. The van der Waals surface area contributed by atoms with Gasteiger partial charge >= 0.3 is 0 Å². The Morgan fingerprint density at radius 2 is 0.880 bits per heavy atom. The Hall–Kier alpha value is -3.89. The van der Waals surface area contributed by atoms with Crippen LogP contribution in [0.15, 0.2) is 97.1 Å². The molecule has 0 aromatic heterocycles. The Balaban J connectivity index is 0.890. The van der Waals surface area contributed by atoms with Crippen LogP contribution in [0.3, 0.4) is 0 Å². The first kappa shape index (κ1) is 35.9. The summed E-state index contributed by atoms with van der Waals surface area (Å²) in [5.41, 5.74) is 8.63. The Morgan fingerprint density at radius 3 is 1.20 bits per heavy atom. The summed E-state index contributed by atoms with van der Waals surface area (Å²) in [6.45, 7) is 0. The van der Waals surface area contributed by atoms with Gasteiger partial charge in [0.1, 0.15) is 5.78 Å². The molecule has 0 aliphatic heterocycles. The molecule has 0 amide bonds. The predicted molar refractivity (Wildman–Crippen MR) is 203 cm³/mol. The van der Waals surface area contributed by atoms with Crippen LogP contribution in [0, 0.1) is 34.5 Å². The Morgan fingerprint density at radius 1 is 0.540 bits per heavy atom. The fraction of sp³-hybridized carbons (Fsp3) is 0.400. The lowest BCUT2D eigenvalue weighted by atomic mass is 9.74. The number of nitrogens with zero attached hydrogens (tertiary/aromatic N) is 2. The van der Waals surface area contributed by atoms with E-state index in [4.69, 9.17) is 33.7 Å². The number of nitriles is 2. The van der Waals surface area contributed by atoms with Gasteiger partial charge < -0.3 is 0 Å². The molecule has 2 unspecified atom stereocenters. The Bertz CT molecular complexity index is 1640. The van der Waals surface area contributed by atoms with Gasteiger partial charge in [0.15, 0.2) is 0 Å². The highest BCUT2D eigenvalue weighted by Crippen LogP contribution is 2.41. The van der Waals surface area contributed by atoms with Gasteiger partial charge in [0.05, 0.1) is 34.0 Å². The maximum absolute atomic E-state index is 13.2. The molecule has 4 aromatic rings. The van der Waals surface area contributed by atoms with Crippen molar-refractivity contribution in [2.24, 2.45) is 11.8 Å². The van der Waals surface area contributed by atoms with Gasteiger partial charge in [0.25, 0.3) is 0 Å². The SMILES string of the molecule is N#Cc1ccc(CC(Cl)c2ccc(C3CCC(CC(=O)CC4CCC(c5ccc(C(Cl)Cc6ccc(C#N)cc6)cc5)CC4)CC3)cc2)cc1. The van der Waals surface area contributed by atoms with Gasteiger partial charge in [-0.15, -0.1) is 23.2 Å². The third-order valence-corrected chi connectivity index (χ3v) is 12.1. The molecule has 0 N–H and O–H groups in total. The smallest absolute Gasteiger partial charge is 0.133 e. The van der Waals surface area contributed by atoms with Crippen LogP contribution in [0.5, 0.6) is 0 Å². The summed E-state index contributed by atoms with van der Waals surface area (Å²) in [5, 5.41) is 17.8. The predicted octanol–water partition coefficient (Wildman–Crippen LogP) is 12.1. The van der Waals surface area contributed by atoms with Crippen molar-refractivity contribution < 1.29 is 4.79 Å². The largest absolute Gasteiger partial charge is 0.300 e. The van der Waals surface area contributed by atoms with E-state index in [2.05, 4.69) is 60.7 Å². The number of benzene rings is 4. The van der Waals surface area contributed by atoms with E-state index in [0.29, 0.717) is 40.6 Å². The summed E-state index contributed by atoms with van der Waals surface area (Å²) in [7, 11) is 0. The van der Waals surface area contributed by atoms with Crippen molar-refractivity contribution in [2.75, 3.05) is 0 Å². The second-order valence-electron chi connectivity index (χ2n) is 14.7. The monoisotopic (exact) mass is 700 g/mol. The van der Waals surface area contributed by atoms with Gasteiger partial charge in [-0.3, -0.25) is 4.79 Å². The van der Waals surface area contributed by atoms with Crippen LogP contribution in [0.4, 0.5) is 0 Å². The number of ketones is 1. The molecule has 6 rings (SSSR count). The first-order valence-corrected chi connectivity index (χ1v) is 19.2. The molecule has 50 heavy (non-hydrogen) atoms. The highest BCUT2D eigenvalue weighted by atomic mass is 35.5. The van der Waals surface area contributed by atoms with Crippen LogP contribution in [-0.4, -0.2) is 5.78 Å². The van der Waals surface area contributed by atoms with E-state index in [1.54, 1.807) is 0 Å². The summed E-state index contributed by atoms with van der Waals surface area (Å²) in [5.74, 6) is 2.64. The standard InChI is InChI=1S/C45H46Cl2N2O/c46-44(27-33-1-5-35(29-48)6-2-33)41-21-17-39(18-22-41)37-13-9-31(10-14-37)25-43(50)26-32-11-15-38(16-12-32)40-19-23-42(24-20-40)45(47)28-34-3-7-36(30-49)8-4-34/h1-8,17-24,31-32,37-38,44-45H,9-16,25-28H2. The van der Waals surface area contributed by atoms with Gasteiger partial charge in [0, 0.05) is 12.8 Å². The quantitative estimate of drug-likeness (QED) is 0.138. The van der Waals surface area contributed by atoms with Crippen molar-refractivity contribution >= 4 is 29.0 Å². The molecule has 2 aliphatic rings. The second-order valence-corrected chi connectivity index (χ2v) is 15.7. The van der Waals surface area contributed by atoms with Crippen molar-refractivity contribution in [1.82, 2.24) is 0 Å². The molecule has 2 saturated carbocycles. The van der Waals surface area contributed by atoms with E-state index in [9.17, 15) is 4.79 Å². The number of rotatable bonds is 12. The summed E-state index contributed by atoms with van der Waals surface area (Å²) >= 11 is 13.5. The minimum Gasteiger partial charge on any atom is -0.300 e. The topological polar surface area (TPSA) is 64.7 Å². The lowest BCUT2D eigenvalue weighted by Crippen LogP contribution is -2.20. The highest BCUT2D eigenvalue weighted by molar-refractivity contribution is 6.21. The zero-order chi connectivity index (χ0) is 34.9. The maximum atomic E-state index is 13.2. The summed E-state index contributed by atoms with van der Waals surface area (Å²) in [6.07, 6.45) is 12.1. The van der Waals surface area contributed by atoms with Gasteiger partial charge in [-0.2, -0.15) is 10.5 Å². The van der Waals surface area contributed by atoms with Gasteiger partial charge in [-0.05, 0) is 146 Å². The van der Waals surface area contributed by atoms with Crippen LogP contribution in [0.25, 0.3) is 0 Å². The minimum absolute atomic E-state index is 0.0997. The summed E-state index contributed by atoms with van der Waals surface area (Å²) in [6, 6.07) is 37.3. The van der Waals surface area contributed by atoms with E-state index in [1.165, 1.54) is 11.1 Å². The normalized spacial score (nSPS) is 21.8. The van der Waals surface area contributed by atoms with E-state index >= 15 is 0 Å². The van der Waals surface area contributed by atoms with Crippen LogP contribution in [-0.2, 0) is 17.6 Å². The van der Waals surface area contributed by atoms with E-state index < -0.39 is 0 Å². The third kappa shape index (κ3) is 9.66. The van der Waals surface area contributed by atoms with Crippen molar-refractivity contribution in [3.8, 4) is 12.1 Å². The molecule has 256 valence electrons. The van der Waals surface area contributed by atoms with Crippen molar-refractivity contribution in [3.63, 3.8) is 0 Å². The average Bonchev–Trinajstić information content (AvgIpc) is 3.16. The fourth-order valence-corrected chi connectivity index (χ4v) is 8.81. The minimum atomic E-state index is -0.0997. The van der Waals surface area contributed by atoms with Crippen molar-refractivity contribution in [2.45, 2.75) is 99.6 Å². The number of hydrogen-bond acceptors (Lipinski definition) is 3. The van der Waals surface area contributed by atoms with Gasteiger partial charge in [0.2, 0.25) is 0 Å². The molecule has 0 spiro atoms. The van der Waals surface area contributed by atoms with Crippen molar-refractivity contribution in [1.29, 1.82) is 10.5 Å². The Labute approximate surface area is 308 Å². The molecule has 2 atom stereocenters. The van der Waals surface area contributed by atoms with Crippen molar-refractivity contribution in [3.05, 3.63) is 142 Å². The summed E-state index contributed by atoms with van der Waals surface area (Å²) < 4.78 is 0. The molecule has 0 radical (unpaired) electrons. The molecule has 5 heteroatoms. The lowest BCUT2D eigenvalue weighted by Gasteiger charge is -2.30. The first-order chi connectivity index (χ1) is 24.4. The number of halogens is 2. The number of carbonyl (C=O) groups excluding carboxylic acids is 1. The molecule has 0 bridgehead atoms. The zero-order valence-corrected chi connectivity index (χ0v) is 30.3. The lowest BCUT2D eigenvalue weighted by molar-refractivity contribution is -0.121. The zero-order valence-electron chi connectivity index (χ0n) is 28.7. The van der Waals surface area contributed by atoms with Crippen LogP contribution >= 0.6 is 23.2 Å². The molecule has 0 heterocycles. The third-order valence-electron chi connectivity index (χ3n) is 11.3. The maximum Gasteiger partial charge on any atom is 0.133 e. The number of hydrogen-bond donors (Lipinski definition) is 0. The number of Topliss-reactive ketones (excluding diaryl/α,β-unsaturated/α-hetero) is 1. The number of carbonyl (C=O) groups is 1. The summed E-state index contributed by atoms with van der Waals surface area (Å²) in [4.78, 5) is 13.2. The Kier molecular flexibility index (Phi) is 12.5. The molecule has 4 aromatic carbocycles. The van der Waals surface area contributed by atoms with E-state index in [1.807, 2.05) is 48.5 Å². The fourth-order valence-electron chi connectivity index (χ4n) is 8.16. The van der Waals surface area contributed by atoms with Gasteiger partial charge in [-0.1, -0.05) is 72.8 Å². The number of alkyl halides is 2. The first-order valence-electron chi connectivity index (χ1n) is 18.3.